The molecule has 0 spiro atoms. The molecule has 0 radical (unpaired) electrons. The van der Waals surface area contributed by atoms with Crippen LogP contribution in [0.25, 0.3) is 0 Å². The summed E-state index contributed by atoms with van der Waals surface area (Å²) in [5.74, 6) is 0.725. The summed E-state index contributed by atoms with van der Waals surface area (Å²) in [7, 11) is 4.61. The Labute approximate surface area is 162 Å². The second kappa shape index (κ2) is 10.1. The van der Waals surface area contributed by atoms with Gasteiger partial charge < -0.3 is 24.8 Å². The smallest absolute Gasteiger partial charge is 0.293 e. The maximum Gasteiger partial charge on any atom is 0.293 e. The van der Waals surface area contributed by atoms with Gasteiger partial charge in [0.2, 0.25) is 0 Å². The monoisotopic (exact) mass is 389 g/mol. The molecular weight excluding hydrogens is 366 g/mol. The number of benzene rings is 2. The number of nitro benzene ring substituents is 1. The van der Waals surface area contributed by atoms with Crippen LogP contribution in [0, 0.1) is 10.1 Å². The molecule has 2 rings (SSSR count). The van der Waals surface area contributed by atoms with E-state index in [4.69, 9.17) is 14.2 Å². The fraction of sp³-hybridized carbons (Fsp3) is 0.316. The number of rotatable bonds is 10. The first-order chi connectivity index (χ1) is 13.5. The lowest BCUT2D eigenvalue weighted by Crippen LogP contribution is -2.23. The number of methoxy groups -OCH3 is 3. The Morgan fingerprint density at radius 2 is 1.82 bits per heavy atom. The Morgan fingerprint density at radius 1 is 1.07 bits per heavy atom. The van der Waals surface area contributed by atoms with Crippen molar-refractivity contribution in [1.82, 2.24) is 5.32 Å². The number of nitro groups is 1. The number of nitrogens with one attached hydrogen (secondary N) is 2. The standard InChI is InChI=1S/C19H23N3O6/c1-26-9-8-20-15-6-5-14(11-16(15)22(24)25)19(23)21-12-13-4-7-17(27-2)18(10-13)28-3/h4-7,10-11,20H,8-9,12H2,1-3H3,(H,21,23). The average Bonchev–Trinajstić information content (AvgIpc) is 2.71. The minimum atomic E-state index is -0.528. The second-order valence-corrected chi connectivity index (χ2v) is 5.78. The maximum absolute atomic E-state index is 12.4. The highest BCUT2D eigenvalue weighted by Gasteiger charge is 2.17. The van der Waals surface area contributed by atoms with E-state index < -0.39 is 10.8 Å². The molecular formula is C19H23N3O6. The van der Waals surface area contributed by atoms with Crippen molar-refractivity contribution in [1.29, 1.82) is 0 Å². The molecule has 28 heavy (non-hydrogen) atoms. The number of carbonyl (C=O) groups is 1. The molecule has 0 heterocycles. The first kappa shape index (κ1) is 21.0. The Bertz CT molecular complexity index is 840. The minimum absolute atomic E-state index is 0.171. The van der Waals surface area contributed by atoms with Gasteiger partial charge in [0, 0.05) is 31.8 Å². The van der Waals surface area contributed by atoms with Crippen LogP contribution < -0.4 is 20.1 Å². The summed E-state index contributed by atoms with van der Waals surface area (Å²) >= 11 is 0. The van der Waals surface area contributed by atoms with Crippen LogP contribution >= 0.6 is 0 Å². The van der Waals surface area contributed by atoms with Gasteiger partial charge in [-0.2, -0.15) is 0 Å². The molecule has 0 unspecified atom stereocenters. The quantitative estimate of drug-likeness (QED) is 0.365. The van der Waals surface area contributed by atoms with E-state index in [2.05, 4.69) is 10.6 Å². The molecule has 9 nitrogen and oxygen atoms in total. The topological polar surface area (TPSA) is 112 Å². The van der Waals surface area contributed by atoms with E-state index in [-0.39, 0.29) is 17.8 Å². The van der Waals surface area contributed by atoms with Crippen LogP contribution in [-0.2, 0) is 11.3 Å². The first-order valence-electron chi connectivity index (χ1n) is 8.50. The van der Waals surface area contributed by atoms with Crippen molar-refractivity contribution in [3.63, 3.8) is 0 Å². The highest BCUT2D eigenvalue weighted by Crippen LogP contribution is 2.28. The highest BCUT2D eigenvalue weighted by atomic mass is 16.6. The number of nitrogens with zero attached hydrogens (tertiary/aromatic N) is 1. The summed E-state index contributed by atoms with van der Waals surface area (Å²) in [5.41, 5.74) is 1.16. The van der Waals surface area contributed by atoms with Crippen molar-refractivity contribution < 1.29 is 23.9 Å². The largest absolute Gasteiger partial charge is 0.493 e. The van der Waals surface area contributed by atoms with Gasteiger partial charge in [-0.3, -0.25) is 14.9 Å². The van der Waals surface area contributed by atoms with E-state index in [0.717, 1.165) is 5.56 Å². The average molecular weight is 389 g/mol. The highest BCUT2D eigenvalue weighted by molar-refractivity contribution is 5.95. The Kier molecular flexibility index (Phi) is 7.58. The van der Waals surface area contributed by atoms with Crippen LogP contribution in [0.2, 0.25) is 0 Å². The molecule has 0 saturated heterocycles. The van der Waals surface area contributed by atoms with Crippen molar-refractivity contribution >= 4 is 17.3 Å². The summed E-state index contributed by atoms with van der Waals surface area (Å²) in [4.78, 5) is 23.2. The molecule has 0 atom stereocenters. The molecule has 150 valence electrons. The second-order valence-electron chi connectivity index (χ2n) is 5.78. The molecule has 0 aliphatic rings. The van der Waals surface area contributed by atoms with Gasteiger partial charge in [-0.15, -0.1) is 0 Å². The number of anilines is 1. The van der Waals surface area contributed by atoms with Crippen LogP contribution in [0.4, 0.5) is 11.4 Å². The van der Waals surface area contributed by atoms with Gasteiger partial charge in [-0.1, -0.05) is 6.07 Å². The zero-order valence-corrected chi connectivity index (χ0v) is 16.0. The van der Waals surface area contributed by atoms with Crippen molar-refractivity contribution in [3.8, 4) is 11.5 Å². The van der Waals surface area contributed by atoms with Crippen LogP contribution in [0.3, 0.4) is 0 Å². The molecule has 0 aliphatic carbocycles. The predicted octanol–water partition coefficient (Wildman–Crippen LogP) is 2.60. The van der Waals surface area contributed by atoms with E-state index in [1.54, 1.807) is 32.4 Å². The third-order valence-electron chi connectivity index (χ3n) is 3.98. The molecule has 0 bridgehead atoms. The Morgan fingerprint density at radius 3 is 2.46 bits per heavy atom. The normalized spacial score (nSPS) is 10.2. The predicted molar refractivity (Wildman–Crippen MR) is 104 cm³/mol. The fourth-order valence-electron chi connectivity index (χ4n) is 2.54. The van der Waals surface area contributed by atoms with Crippen LogP contribution in [0.1, 0.15) is 15.9 Å². The molecule has 0 aromatic heterocycles. The Balaban J connectivity index is 2.09. The van der Waals surface area contributed by atoms with Gasteiger partial charge in [-0.25, -0.2) is 0 Å². The number of carbonyl (C=O) groups excluding carboxylic acids is 1. The lowest BCUT2D eigenvalue weighted by molar-refractivity contribution is -0.384. The van der Waals surface area contributed by atoms with Gasteiger partial charge in [0.25, 0.3) is 11.6 Å². The van der Waals surface area contributed by atoms with Gasteiger partial charge in [0.05, 0.1) is 25.7 Å². The van der Waals surface area contributed by atoms with Crippen molar-refractivity contribution in [2.45, 2.75) is 6.54 Å². The number of hydrogen-bond donors (Lipinski definition) is 2. The Hall–Kier alpha value is -3.33. The van der Waals surface area contributed by atoms with E-state index in [0.29, 0.717) is 30.3 Å². The van der Waals surface area contributed by atoms with Crippen LogP contribution in [0.15, 0.2) is 36.4 Å². The zero-order chi connectivity index (χ0) is 20.5. The molecule has 0 saturated carbocycles. The van der Waals surface area contributed by atoms with E-state index in [9.17, 15) is 14.9 Å². The van der Waals surface area contributed by atoms with Crippen molar-refractivity contribution in [2.24, 2.45) is 0 Å². The van der Waals surface area contributed by atoms with Crippen molar-refractivity contribution in [3.05, 3.63) is 57.6 Å². The van der Waals surface area contributed by atoms with Gasteiger partial charge in [0.15, 0.2) is 11.5 Å². The third kappa shape index (κ3) is 5.34. The molecule has 2 aromatic carbocycles. The van der Waals surface area contributed by atoms with Crippen LogP contribution in [-0.4, -0.2) is 45.3 Å². The summed E-state index contributed by atoms with van der Waals surface area (Å²) < 4.78 is 15.3. The van der Waals surface area contributed by atoms with E-state index >= 15 is 0 Å². The summed E-state index contributed by atoms with van der Waals surface area (Å²) in [6.45, 7) is 1.06. The van der Waals surface area contributed by atoms with Gasteiger partial charge >= 0.3 is 0 Å². The molecule has 1 amide bonds. The lowest BCUT2D eigenvalue weighted by atomic mass is 10.1. The molecule has 2 N–H and O–H groups in total. The number of amides is 1. The summed E-state index contributed by atoms with van der Waals surface area (Å²) in [6.07, 6.45) is 0. The van der Waals surface area contributed by atoms with Crippen LogP contribution in [0.5, 0.6) is 11.5 Å². The molecule has 9 heteroatoms. The first-order valence-corrected chi connectivity index (χ1v) is 8.50. The number of hydrogen-bond acceptors (Lipinski definition) is 7. The van der Waals surface area contributed by atoms with E-state index in [1.165, 1.54) is 25.3 Å². The number of ether oxygens (including phenoxy) is 3. The van der Waals surface area contributed by atoms with Crippen molar-refractivity contribution in [2.75, 3.05) is 39.8 Å². The summed E-state index contributed by atoms with van der Waals surface area (Å²) in [5, 5.41) is 17.0. The van der Waals surface area contributed by atoms with Gasteiger partial charge in [0.1, 0.15) is 5.69 Å². The minimum Gasteiger partial charge on any atom is -0.493 e. The maximum atomic E-state index is 12.4. The van der Waals surface area contributed by atoms with Gasteiger partial charge in [-0.05, 0) is 29.8 Å². The fourth-order valence-corrected chi connectivity index (χ4v) is 2.54. The third-order valence-corrected chi connectivity index (χ3v) is 3.98. The summed E-state index contributed by atoms with van der Waals surface area (Å²) in [6, 6.07) is 9.59. The molecule has 0 fully saturated rings. The lowest BCUT2D eigenvalue weighted by Gasteiger charge is -2.11. The van der Waals surface area contributed by atoms with E-state index in [1.807, 2.05) is 0 Å². The zero-order valence-electron chi connectivity index (χ0n) is 16.0. The molecule has 2 aromatic rings. The molecule has 0 aliphatic heterocycles. The SMILES string of the molecule is COCCNc1ccc(C(=O)NCc2ccc(OC)c(OC)c2)cc1[N+](=O)[O-].